The van der Waals surface area contributed by atoms with Crippen molar-refractivity contribution in [2.45, 2.75) is 12.3 Å². The van der Waals surface area contributed by atoms with Gasteiger partial charge in [-0.1, -0.05) is 6.92 Å². The Morgan fingerprint density at radius 2 is 1.61 bits per heavy atom. The lowest BCUT2D eigenvalue weighted by molar-refractivity contribution is 0.202. The van der Waals surface area contributed by atoms with E-state index in [1.165, 1.54) is 0 Å². The maximum atomic E-state index is 9.58. The van der Waals surface area contributed by atoms with E-state index >= 15 is 0 Å². The Labute approximate surface area is 107 Å². The summed E-state index contributed by atoms with van der Waals surface area (Å²) in [6, 6.07) is 3.50. The van der Waals surface area contributed by atoms with Gasteiger partial charge in [0.25, 0.3) is 0 Å². The Kier molecular flexibility index (Phi) is 4.81. The fourth-order valence-corrected chi connectivity index (χ4v) is 1.85. The Morgan fingerprint density at radius 1 is 1.11 bits per heavy atom. The number of methoxy groups -OCH3 is 3. The van der Waals surface area contributed by atoms with Crippen LogP contribution in [0.2, 0.25) is 0 Å². The van der Waals surface area contributed by atoms with Crippen molar-refractivity contribution in [3.8, 4) is 17.2 Å². The highest BCUT2D eigenvalue weighted by molar-refractivity contribution is 5.54. The van der Waals surface area contributed by atoms with Gasteiger partial charge in [-0.25, -0.2) is 0 Å². The van der Waals surface area contributed by atoms with Crippen molar-refractivity contribution < 1.29 is 19.3 Å². The summed E-state index contributed by atoms with van der Waals surface area (Å²) in [6.45, 7) is 2.05. The Morgan fingerprint density at radius 3 is 1.89 bits per heavy atom. The van der Waals surface area contributed by atoms with E-state index in [0.29, 0.717) is 17.2 Å². The lowest BCUT2D eigenvalue weighted by Crippen LogP contribution is -2.36. The minimum atomic E-state index is -0.622. The molecule has 0 aliphatic carbocycles. The molecule has 3 N–H and O–H groups in total. The fraction of sp³-hybridized carbons (Fsp3) is 0.538. The summed E-state index contributed by atoms with van der Waals surface area (Å²) in [5.41, 5.74) is 5.89. The van der Waals surface area contributed by atoms with Crippen molar-refractivity contribution in [1.29, 1.82) is 0 Å². The van der Waals surface area contributed by atoms with Crippen molar-refractivity contribution >= 4 is 0 Å². The van der Waals surface area contributed by atoms with Crippen LogP contribution in [0.15, 0.2) is 12.1 Å². The molecule has 0 fully saturated rings. The van der Waals surface area contributed by atoms with Gasteiger partial charge in [-0.15, -0.1) is 0 Å². The average molecular weight is 255 g/mol. The van der Waals surface area contributed by atoms with Crippen molar-refractivity contribution in [3.05, 3.63) is 17.7 Å². The molecule has 1 rings (SSSR count). The van der Waals surface area contributed by atoms with E-state index < -0.39 is 5.41 Å². The second-order valence-corrected chi connectivity index (χ2v) is 4.33. The molecule has 5 nitrogen and oxygen atoms in total. The summed E-state index contributed by atoms with van der Waals surface area (Å²) in [6.07, 6.45) is 0. The molecule has 0 spiro atoms. The number of aliphatic hydroxyl groups is 1. The van der Waals surface area contributed by atoms with E-state index in [1.807, 2.05) is 6.92 Å². The molecule has 0 heterocycles. The normalized spacial score (nSPS) is 13.9. The minimum Gasteiger partial charge on any atom is -0.496 e. The maximum Gasteiger partial charge on any atom is 0.130 e. The van der Waals surface area contributed by atoms with E-state index in [-0.39, 0.29) is 13.2 Å². The van der Waals surface area contributed by atoms with Crippen molar-refractivity contribution in [2.24, 2.45) is 5.73 Å². The highest BCUT2D eigenvalue weighted by Crippen LogP contribution is 2.41. The largest absolute Gasteiger partial charge is 0.496 e. The van der Waals surface area contributed by atoms with Crippen LogP contribution in [0.3, 0.4) is 0 Å². The van der Waals surface area contributed by atoms with E-state index in [0.717, 1.165) is 5.56 Å². The van der Waals surface area contributed by atoms with E-state index in [1.54, 1.807) is 33.5 Å². The number of nitrogens with two attached hydrogens (primary N) is 1. The second kappa shape index (κ2) is 5.93. The molecule has 1 aromatic rings. The van der Waals surface area contributed by atoms with Crippen LogP contribution < -0.4 is 19.9 Å². The van der Waals surface area contributed by atoms with Gasteiger partial charge in [-0.05, 0) is 0 Å². The molecule has 0 saturated carbocycles. The van der Waals surface area contributed by atoms with Crippen LogP contribution >= 0.6 is 0 Å². The number of hydrogen-bond donors (Lipinski definition) is 2. The quantitative estimate of drug-likeness (QED) is 0.790. The predicted octanol–water partition coefficient (Wildman–Crippen LogP) is 0.921. The zero-order chi connectivity index (χ0) is 13.8. The fourth-order valence-electron chi connectivity index (χ4n) is 1.85. The summed E-state index contributed by atoms with van der Waals surface area (Å²) in [7, 11) is 4.69. The molecule has 5 heteroatoms. The molecule has 0 amide bonds. The monoisotopic (exact) mass is 255 g/mol. The van der Waals surface area contributed by atoms with E-state index in [9.17, 15) is 5.11 Å². The van der Waals surface area contributed by atoms with Gasteiger partial charge in [0.2, 0.25) is 0 Å². The Bertz CT molecular complexity index is 377. The molecule has 0 aliphatic rings. The molecule has 1 aromatic carbocycles. The molecular weight excluding hydrogens is 234 g/mol. The lowest BCUT2D eigenvalue weighted by atomic mass is 9.82. The smallest absolute Gasteiger partial charge is 0.130 e. The number of hydrogen-bond acceptors (Lipinski definition) is 5. The van der Waals surface area contributed by atoms with Gasteiger partial charge >= 0.3 is 0 Å². The van der Waals surface area contributed by atoms with Gasteiger partial charge in [0.05, 0.1) is 27.9 Å². The molecule has 0 bridgehead atoms. The lowest BCUT2D eigenvalue weighted by Gasteiger charge is -2.29. The van der Waals surface area contributed by atoms with Crippen LogP contribution in [0, 0.1) is 0 Å². The first kappa shape index (κ1) is 14.6. The number of rotatable bonds is 6. The summed E-state index contributed by atoms with van der Waals surface area (Å²) in [5, 5.41) is 9.58. The van der Waals surface area contributed by atoms with Gasteiger partial charge in [0.15, 0.2) is 0 Å². The first-order valence-electron chi connectivity index (χ1n) is 5.67. The van der Waals surface area contributed by atoms with Crippen LogP contribution in [-0.4, -0.2) is 39.6 Å². The zero-order valence-electron chi connectivity index (χ0n) is 11.3. The van der Waals surface area contributed by atoms with Crippen molar-refractivity contribution in [3.63, 3.8) is 0 Å². The van der Waals surface area contributed by atoms with Gasteiger partial charge in [0, 0.05) is 29.7 Å². The van der Waals surface area contributed by atoms with Crippen LogP contribution in [0.1, 0.15) is 12.5 Å². The Hall–Kier alpha value is -1.46. The summed E-state index contributed by atoms with van der Waals surface area (Å²) >= 11 is 0. The molecule has 1 unspecified atom stereocenters. The first-order chi connectivity index (χ1) is 8.56. The van der Waals surface area contributed by atoms with Gasteiger partial charge in [-0.3, -0.25) is 0 Å². The summed E-state index contributed by atoms with van der Waals surface area (Å²) < 4.78 is 15.9. The number of benzene rings is 1. The highest BCUT2D eigenvalue weighted by Gasteiger charge is 2.32. The first-order valence-corrected chi connectivity index (χ1v) is 5.67. The molecule has 18 heavy (non-hydrogen) atoms. The molecule has 0 saturated heterocycles. The summed E-state index contributed by atoms with van der Waals surface area (Å²) in [5.74, 6) is 1.81. The maximum absolute atomic E-state index is 9.58. The van der Waals surface area contributed by atoms with E-state index in [2.05, 4.69) is 0 Å². The SMILES string of the molecule is COc1cc(OC)c(C(C)(CN)CO)c(OC)c1. The number of aliphatic hydroxyl groups excluding tert-OH is 1. The molecule has 0 aliphatic heterocycles. The molecule has 102 valence electrons. The van der Waals surface area contributed by atoms with Crippen LogP contribution in [0.5, 0.6) is 17.2 Å². The average Bonchev–Trinajstić information content (AvgIpc) is 2.44. The third kappa shape index (κ3) is 2.52. The molecule has 0 aromatic heterocycles. The van der Waals surface area contributed by atoms with Gasteiger partial charge < -0.3 is 25.1 Å². The van der Waals surface area contributed by atoms with E-state index in [4.69, 9.17) is 19.9 Å². The molecule has 0 radical (unpaired) electrons. The third-order valence-corrected chi connectivity index (χ3v) is 3.12. The zero-order valence-corrected chi connectivity index (χ0v) is 11.3. The minimum absolute atomic E-state index is 0.0947. The standard InChI is InChI=1S/C13H21NO4/c1-13(7-14,8-15)12-10(17-3)5-9(16-2)6-11(12)18-4/h5-6,15H,7-8,14H2,1-4H3. The predicted molar refractivity (Wildman–Crippen MR) is 69.6 cm³/mol. The van der Waals surface area contributed by atoms with Crippen molar-refractivity contribution in [1.82, 2.24) is 0 Å². The van der Waals surface area contributed by atoms with Gasteiger partial charge in [0.1, 0.15) is 17.2 Å². The number of ether oxygens (including phenoxy) is 3. The van der Waals surface area contributed by atoms with Crippen LogP contribution in [-0.2, 0) is 5.41 Å². The van der Waals surface area contributed by atoms with Gasteiger partial charge in [-0.2, -0.15) is 0 Å². The highest BCUT2D eigenvalue weighted by atomic mass is 16.5. The third-order valence-electron chi connectivity index (χ3n) is 3.12. The van der Waals surface area contributed by atoms with Crippen molar-refractivity contribution in [2.75, 3.05) is 34.5 Å². The van der Waals surface area contributed by atoms with Crippen LogP contribution in [0.4, 0.5) is 0 Å². The Balaban J connectivity index is 3.48. The topological polar surface area (TPSA) is 73.9 Å². The van der Waals surface area contributed by atoms with Crippen LogP contribution in [0.25, 0.3) is 0 Å². The summed E-state index contributed by atoms with van der Waals surface area (Å²) in [4.78, 5) is 0. The second-order valence-electron chi connectivity index (χ2n) is 4.33. The molecule has 1 atom stereocenters. The molecular formula is C13H21NO4.